The van der Waals surface area contributed by atoms with Crippen LogP contribution in [-0.2, 0) is 4.79 Å². The number of carbonyl (C=O) groups is 1. The Morgan fingerprint density at radius 1 is 1.50 bits per heavy atom. The van der Waals surface area contributed by atoms with Crippen LogP contribution in [-0.4, -0.2) is 16.9 Å². The smallest absolute Gasteiger partial charge is 0.239 e. The van der Waals surface area contributed by atoms with E-state index in [1.807, 2.05) is 6.07 Å². The van der Waals surface area contributed by atoms with Gasteiger partial charge in [0.2, 0.25) is 5.91 Å². The average molecular weight is 302 g/mol. The fourth-order valence-corrected chi connectivity index (χ4v) is 1.69. The Balaban J connectivity index is 3.05. The molecule has 0 aliphatic carbocycles. The van der Waals surface area contributed by atoms with Crippen LogP contribution in [0.25, 0.3) is 0 Å². The summed E-state index contributed by atoms with van der Waals surface area (Å²) >= 11 is 8.25. The van der Waals surface area contributed by atoms with Gasteiger partial charge in [-0.3, -0.25) is 4.79 Å². The lowest BCUT2D eigenvalue weighted by molar-refractivity contribution is -0.118. The average Bonchev–Trinajstić information content (AvgIpc) is 2.16. The number of rotatable bonds is 4. The molecule has 1 rings (SSSR count). The number of carbonyl (C=O) groups excluding carboxylic acids is 1. The highest BCUT2D eigenvalue weighted by Gasteiger charge is 2.12. The number of halogens is 1. The summed E-state index contributed by atoms with van der Waals surface area (Å²) in [5, 5.41) is 2.96. The minimum Gasteiger partial charge on any atom is -0.389 e. The van der Waals surface area contributed by atoms with E-state index in [-0.39, 0.29) is 4.99 Å². The lowest BCUT2D eigenvalue weighted by Gasteiger charge is -2.15. The van der Waals surface area contributed by atoms with Crippen LogP contribution in [0.3, 0.4) is 0 Å². The van der Waals surface area contributed by atoms with Gasteiger partial charge in [0.25, 0.3) is 0 Å². The van der Waals surface area contributed by atoms with Gasteiger partial charge in [-0.25, -0.2) is 0 Å². The van der Waals surface area contributed by atoms with E-state index in [2.05, 4.69) is 21.2 Å². The summed E-state index contributed by atoms with van der Waals surface area (Å²) in [4.78, 5) is 11.2. The number of hydrogen-bond acceptors (Lipinski definition) is 3. The molecule has 0 heterocycles. The molecule has 0 aromatic heterocycles. The Hall–Kier alpha value is -1.14. The van der Waals surface area contributed by atoms with Crippen molar-refractivity contribution in [2.24, 2.45) is 11.5 Å². The van der Waals surface area contributed by atoms with E-state index in [1.54, 1.807) is 19.1 Å². The molecule has 4 nitrogen and oxygen atoms in total. The topological polar surface area (TPSA) is 81.1 Å². The maximum Gasteiger partial charge on any atom is 0.239 e. The highest BCUT2D eigenvalue weighted by molar-refractivity contribution is 9.10. The maximum absolute atomic E-state index is 11.0. The van der Waals surface area contributed by atoms with Gasteiger partial charge in [-0.05, 0) is 25.1 Å². The van der Waals surface area contributed by atoms with Crippen molar-refractivity contribution in [1.82, 2.24) is 0 Å². The molecule has 0 spiro atoms. The van der Waals surface area contributed by atoms with E-state index in [4.69, 9.17) is 23.7 Å². The minimum absolute atomic E-state index is 0.270. The highest BCUT2D eigenvalue weighted by atomic mass is 79.9. The summed E-state index contributed by atoms with van der Waals surface area (Å²) in [6, 6.07) is 4.92. The number of anilines is 1. The largest absolute Gasteiger partial charge is 0.389 e. The molecule has 1 unspecified atom stereocenters. The van der Waals surface area contributed by atoms with E-state index < -0.39 is 11.9 Å². The molecule has 0 fully saturated rings. The Morgan fingerprint density at radius 2 is 2.12 bits per heavy atom. The molecule has 0 radical (unpaired) electrons. The summed E-state index contributed by atoms with van der Waals surface area (Å²) in [7, 11) is 0. The quantitative estimate of drug-likeness (QED) is 0.734. The first-order valence-electron chi connectivity index (χ1n) is 4.57. The Bertz CT molecular complexity index is 436. The van der Waals surface area contributed by atoms with Gasteiger partial charge < -0.3 is 16.8 Å². The van der Waals surface area contributed by atoms with Crippen molar-refractivity contribution in [3.05, 3.63) is 28.2 Å². The zero-order chi connectivity index (χ0) is 12.3. The molecule has 86 valence electrons. The minimum atomic E-state index is -0.484. The van der Waals surface area contributed by atoms with Crippen molar-refractivity contribution in [1.29, 1.82) is 0 Å². The highest BCUT2D eigenvalue weighted by Crippen LogP contribution is 2.22. The van der Waals surface area contributed by atoms with Crippen LogP contribution in [0.1, 0.15) is 12.5 Å². The van der Waals surface area contributed by atoms with Crippen molar-refractivity contribution in [2.45, 2.75) is 13.0 Å². The molecule has 0 aliphatic heterocycles. The van der Waals surface area contributed by atoms with Crippen molar-refractivity contribution in [3.8, 4) is 0 Å². The predicted octanol–water partition coefficient (Wildman–Crippen LogP) is 1.37. The molecular weight excluding hydrogens is 290 g/mol. The van der Waals surface area contributed by atoms with Crippen LogP contribution < -0.4 is 16.8 Å². The zero-order valence-electron chi connectivity index (χ0n) is 8.66. The Morgan fingerprint density at radius 3 is 2.62 bits per heavy atom. The van der Waals surface area contributed by atoms with E-state index in [0.29, 0.717) is 11.3 Å². The Labute approximate surface area is 108 Å². The third-order valence-corrected chi connectivity index (χ3v) is 2.76. The van der Waals surface area contributed by atoms with Gasteiger partial charge in [0.15, 0.2) is 0 Å². The lowest BCUT2D eigenvalue weighted by atomic mass is 10.1. The van der Waals surface area contributed by atoms with Crippen molar-refractivity contribution in [2.75, 3.05) is 5.32 Å². The number of hydrogen-bond donors (Lipinski definition) is 3. The van der Waals surface area contributed by atoms with E-state index in [0.717, 1.165) is 4.47 Å². The van der Waals surface area contributed by atoms with Gasteiger partial charge in [-0.15, -0.1) is 0 Å². The number of thiocarbonyl (C=S) groups is 1. The second-order valence-electron chi connectivity index (χ2n) is 3.32. The van der Waals surface area contributed by atoms with Gasteiger partial charge in [0, 0.05) is 15.7 Å². The number of nitrogens with one attached hydrogen (secondary N) is 1. The molecule has 1 aromatic rings. The van der Waals surface area contributed by atoms with Gasteiger partial charge in [-0.1, -0.05) is 28.1 Å². The normalized spacial score (nSPS) is 11.9. The van der Waals surface area contributed by atoms with Gasteiger partial charge >= 0.3 is 0 Å². The first kappa shape index (κ1) is 12.9. The fourth-order valence-electron chi connectivity index (χ4n) is 1.16. The summed E-state index contributed by atoms with van der Waals surface area (Å²) in [5.41, 5.74) is 12.1. The third kappa shape index (κ3) is 3.18. The second kappa shape index (κ2) is 5.27. The van der Waals surface area contributed by atoms with Gasteiger partial charge in [-0.2, -0.15) is 0 Å². The summed E-state index contributed by atoms with van der Waals surface area (Å²) in [6.45, 7) is 1.67. The summed E-state index contributed by atoms with van der Waals surface area (Å²) < 4.78 is 0.867. The number of benzene rings is 1. The van der Waals surface area contributed by atoms with Crippen LogP contribution >= 0.6 is 28.1 Å². The number of primary amides is 1. The molecule has 6 heteroatoms. The van der Waals surface area contributed by atoms with Crippen LogP contribution in [0.5, 0.6) is 0 Å². The third-order valence-electron chi connectivity index (χ3n) is 2.05. The second-order valence-corrected chi connectivity index (χ2v) is 4.68. The van der Waals surface area contributed by atoms with Crippen molar-refractivity contribution >= 4 is 44.7 Å². The molecular formula is C10H12BrN3OS. The summed E-state index contributed by atoms with van der Waals surface area (Å²) in [5.74, 6) is -0.436. The molecule has 0 bridgehead atoms. The van der Waals surface area contributed by atoms with Crippen LogP contribution in [0.15, 0.2) is 22.7 Å². The molecule has 1 amide bonds. The molecule has 0 saturated heterocycles. The number of nitrogens with two attached hydrogens (primary N) is 2. The van der Waals surface area contributed by atoms with E-state index in [9.17, 15) is 4.79 Å². The maximum atomic E-state index is 11.0. The van der Waals surface area contributed by atoms with Crippen molar-refractivity contribution < 1.29 is 4.79 Å². The fraction of sp³-hybridized carbons (Fsp3) is 0.200. The monoisotopic (exact) mass is 301 g/mol. The molecule has 0 saturated carbocycles. The first-order valence-corrected chi connectivity index (χ1v) is 5.77. The molecule has 1 atom stereocenters. The lowest BCUT2D eigenvalue weighted by Crippen LogP contribution is -2.33. The Kier molecular flexibility index (Phi) is 4.26. The van der Waals surface area contributed by atoms with Crippen LogP contribution in [0.2, 0.25) is 0 Å². The predicted molar refractivity (Wildman–Crippen MR) is 72.3 cm³/mol. The van der Waals surface area contributed by atoms with E-state index in [1.165, 1.54) is 0 Å². The SMILES string of the molecule is CC(Nc1cc(Br)ccc1C(N)=S)C(N)=O. The zero-order valence-corrected chi connectivity index (χ0v) is 11.1. The molecule has 16 heavy (non-hydrogen) atoms. The van der Waals surface area contributed by atoms with Gasteiger partial charge in [0.1, 0.15) is 11.0 Å². The van der Waals surface area contributed by atoms with Crippen molar-refractivity contribution in [3.63, 3.8) is 0 Å². The molecule has 5 N–H and O–H groups in total. The van der Waals surface area contributed by atoms with Crippen LogP contribution in [0, 0.1) is 0 Å². The molecule has 1 aromatic carbocycles. The molecule has 0 aliphatic rings. The van der Waals surface area contributed by atoms with Gasteiger partial charge in [0.05, 0.1) is 0 Å². The first-order chi connectivity index (χ1) is 7.41. The summed E-state index contributed by atoms with van der Waals surface area (Å²) in [6.07, 6.45) is 0. The van der Waals surface area contributed by atoms with E-state index >= 15 is 0 Å². The standard InChI is InChI=1S/C10H12BrN3OS/c1-5(9(12)15)14-8-4-6(11)2-3-7(8)10(13)16/h2-5,14H,1H3,(H2,12,15)(H2,13,16). The van der Waals surface area contributed by atoms with Crippen LogP contribution in [0.4, 0.5) is 5.69 Å². The number of amides is 1.